The van der Waals surface area contributed by atoms with E-state index in [4.69, 9.17) is 16.3 Å². The Balaban J connectivity index is 0.00000272. The molecule has 3 aromatic rings. The number of nitrogens with zero attached hydrogens (tertiary/aromatic N) is 6. The minimum absolute atomic E-state index is 0. The molecule has 9 nitrogen and oxygen atoms in total. The van der Waals surface area contributed by atoms with Gasteiger partial charge in [0, 0.05) is 49.9 Å². The van der Waals surface area contributed by atoms with Crippen molar-refractivity contribution >= 4 is 41.5 Å². The predicted molar refractivity (Wildman–Crippen MR) is 130 cm³/mol. The molecule has 31 heavy (non-hydrogen) atoms. The van der Waals surface area contributed by atoms with Crippen LogP contribution in [0.1, 0.15) is 23.6 Å². The van der Waals surface area contributed by atoms with Crippen LogP contribution in [-0.4, -0.2) is 50.7 Å². The van der Waals surface area contributed by atoms with Crippen LogP contribution in [0.15, 0.2) is 41.7 Å². The molecule has 2 N–H and O–H groups in total. The van der Waals surface area contributed by atoms with Crippen molar-refractivity contribution < 1.29 is 4.74 Å². The van der Waals surface area contributed by atoms with Gasteiger partial charge in [0.1, 0.15) is 12.4 Å². The van der Waals surface area contributed by atoms with Crippen molar-refractivity contribution in [2.24, 2.45) is 4.99 Å². The highest BCUT2D eigenvalue weighted by atomic mass is 127. The number of guanidine groups is 1. The Morgan fingerprint density at radius 2 is 2.13 bits per heavy atom. The fourth-order valence-electron chi connectivity index (χ4n) is 3.43. The van der Waals surface area contributed by atoms with Crippen LogP contribution in [0.25, 0.3) is 5.69 Å². The van der Waals surface area contributed by atoms with Crippen molar-refractivity contribution in [2.45, 2.75) is 38.6 Å². The summed E-state index contributed by atoms with van der Waals surface area (Å²) in [6, 6.07) is 7.81. The first-order chi connectivity index (χ1) is 14.6. The number of aryl methyl sites for hydroxylation is 1. The minimum atomic E-state index is 0. The standard InChI is InChI=1S/C20H25ClN8O.HI/c1-22-20(25-16-5-8-19-26-18(13-30-2)27-29(19)12-16)23-9-14-10-24-28(11-14)17-6-3-15(21)4-7-17;/h3-4,6-7,10-11,16H,5,8-9,12-13H2,1-2H3,(H2,22,23,25);1H. The molecule has 0 saturated carbocycles. The topological polar surface area (TPSA) is 94.2 Å². The quantitative estimate of drug-likeness (QED) is 0.275. The lowest BCUT2D eigenvalue weighted by atomic mass is 10.1. The zero-order chi connectivity index (χ0) is 20.9. The van der Waals surface area contributed by atoms with E-state index in [0.717, 1.165) is 48.2 Å². The maximum atomic E-state index is 5.95. The van der Waals surface area contributed by atoms with E-state index in [1.54, 1.807) is 14.2 Å². The van der Waals surface area contributed by atoms with E-state index in [9.17, 15) is 0 Å². The third-order valence-corrected chi connectivity index (χ3v) is 5.18. The van der Waals surface area contributed by atoms with Crippen molar-refractivity contribution in [1.82, 2.24) is 35.2 Å². The molecule has 2 aromatic heterocycles. The largest absolute Gasteiger partial charge is 0.377 e. The Morgan fingerprint density at radius 1 is 1.32 bits per heavy atom. The highest BCUT2D eigenvalue weighted by molar-refractivity contribution is 14.0. The van der Waals surface area contributed by atoms with Gasteiger partial charge in [0.05, 0.1) is 18.4 Å². The summed E-state index contributed by atoms with van der Waals surface area (Å²) in [5, 5.41) is 16.5. The lowest BCUT2D eigenvalue weighted by Gasteiger charge is -2.25. The van der Waals surface area contributed by atoms with Crippen LogP contribution in [0, 0.1) is 0 Å². The second-order valence-corrected chi connectivity index (χ2v) is 7.57. The van der Waals surface area contributed by atoms with Crippen molar-refractivity contribution in [2.75, 3.05) is 14.2 Å². The SMILES string of the molecule is CN=C(NCc1cnn(-c2ccc(Cl)cc2)c1)NC1CCc2nc(COC)nn2C1.I. The number of methoxy groups -OCH3 is 1. The van der Waals surface area contributed by atoms with Crippen LogP contribution in [0.3, 0.4) is 0 Å². The number of rotatable bonds is 6. The molecule has 0 aliphatic carbocycles. The van der Waals surface area contributed by atoms with Crippen LogP contribution in [-0.2, 0) is 30.9 Å². The molecule has 4 rings (SSSR count). The summed E-state index contributed by atoms with van der Waals surface area (Å²) in [5.74, 6) is 2.49. The summed E-state index contributed by atoms with van der Waals surface area (Å²) in [7, 11) is 3.42. The van der Waals surface area contributed by atoms with Crippen LogP contribution in [0.4, 0.5) is 0 Å². The van der Waals surface area contributed by atoms with Gasteiger partial charge in [-0.15, -0.1) is 24.0 Å². The molecule has 1 atom stereocenters. The lowest BCUT2D eigenvalue weighted by Crippen LogP contribution is -2.46. The highest BCUT2D eigenvalue weighted by Crippen LogP contribution is 2.14. The van der Waals surface area contributed by atoms with Gasteiger partial charge in [-0.1, -0.05) is 11.6 Å². The molecule has 0 radical (unpaired) electrons. The Hall–Kier alpha value is -2.18. The molecule has 1 aliphatic rings. The zero-order valence-corrected chi connectivity index (χ0v) is 20.5. The number of halogens is 2. The van der Waals surface area contributed by atoms with E-state index in [-0.39, 0.29) is 30.0 Å². The van der Waals surface area contributed by atoms with Crippen molar-refractivity contribution in [3.63, 3.8) is 0 Å². The van der Waals surface area contributed by atoms with Crippen molar-refractivity contribution in [1.29, 1.82) is 0 Å². The third-order valence-electron chi connectivity index (χ3n) is 4.93. The van der Waals surface area contributed by atoms with Gasteiger partial charge >= 0.3 is 0 Å². The number of benzene rings is 1. The second-order valence-electron chi connectivity index (χ2n) is 7.13. The summed E-state index contributed by atoms with van der Waals surface area (Å²) in [4.78, 5) is 8.87. The van der Waals surface area contributed by atoms with Crippen LogP contribution in [0.2, 0.25) is 5.02 Å². The Morgan fingerprint density at radius 3 is 2.87 bits per heavy atom. The summed E-state index contributed by atoms with van der Waals surface area (Å²) >= 11 is 5.95. The first kappa shape index (κ1) is 23.5. The lowest BCUT2D eigenvalue weighted by molar-refractivity contribution is 0.177. The van der Waals surface area contributed by atoms with Gasteiger partial charge < -0.3 is 15.4 Å². The maximum Gasteiger partial charge on any atom is 0.191 e. The fraction of sp³-hybridized carbons (Fsp3) is 0.400. The summed E-state index contributed by atoms with van der Waals surface area (Å²) in [5.41, 5.74) is 2.02. The van der Waals surface area contributed by atoms with Crippen LogP contribution >= 0.6 is 35.6 Å². The highest BCUT2D eigenvalue weighted by Gasteiger charge is 2.22. The van der Waals surface area contributed by atoms with Crippen molar-refractivity contribution in [3.05, 3.63) is 58.9 Å². The molecule has 11 heteroatoms. The van der Waals surface area contributed by atoms with E-state index < -0.39 is 0 Å². The molecular weight excluding hydrogens is 531 g/mol. The van der Waals surface area contributed by atoms with E-state index in [2.05, 4.69) is 30.8 Å². The maximum absolute atomic E-state index is 5.95. The average molecular weight is 557 g/mol. The molecule has 1 aromatic carbocycles. The normalized spacial score (nSPS) is 15.8. The van der Waals surface area contributed by atoms with Gasteiger partial charge in [-0.2, -0.15) is 10.2 Å². The number of ether oxygens (including phenoxy) is 1. The molecule has 0 amide bonds. The van der Waals surface area contributed by atoms with Crippen LogP contribution < -0.4 is 10.6 Å². The first-order valence-electron chi connectivity index (χ1n) is 9.83. The molecule has 1 aliphatic heterocycles. The average Bonchev–Trinajstić information content (AvgIpc) is 3.38. The van der Waals surface area contributed by atoms with Gasteiger partial charge in [0.2, 0.25) is 0 Å². The third kappa shape index (κ3) is 5.95. The Labute approximate surface area is 203 Å². The van der Waals surface area contributed by atoms with Gasteiger partial charge in [-0.3, -0.25) is 4.99 Å². The Kier molecular flexibility index (Phi) is 8.27. The number of aliphatic imine (C=N–C) groups is 1. The second kappa shape index (κ2) is 10.9. The van der Waals surface area contributed by atoms with Gasteiger partial charge in [0.25, 0.3) is 0 Å². The van der Waals surface area contributed by atoms with E-state index in [1.165, 1.54) is 0 Å². The predicted octanol–water partition coefficient (Wildman–Crippen LogP) is 2.56. The van der Waals surface area contributed by atoms with E-state index in [1.807, 2.05) is 46.0 Å². The van der Waals surface area contributed by atoms with Crippen molar-refractivity contribution in [3.8, 4) is 5.69 Å². The summed E-state index contributed by atoms with van der Waals surface area (Å²) in [6.07, 6.45) is 5.68. The molecule has 3 heterocycles. The van der Waals surface area contributed by atoms with Crippen LogP contribution in [0.5, 0.6) is 0 Å². The number of aromatic nitrogens is 5. The number of nitrogens with one attached hydrogen (secondary N) is 2. The zero-order valence-electron chi connectivity index (χ0n) is 17.5. The molecule has 166 valence electrons. The van der Waals surface area contributed by atoms with E-state index in [0.29, 0.717) is 18.2 Å². The molecule has 0 spiro atoms. The minimum Gasteiger partial charge on any atom is -0.377 e. The van der Waals surface area contributed by atoms with E-state index >= 15 is 0 Å². The number of hydrogen-bond acceptors (Lipinski definition) is 5. The van der Waals surface area contributed by atoms with Gasteiger partial charge in [-0.25, -0.2) is 14.3 Å². The fourth-order valence-corrected chi connectivity index (χ4v) is 3.55. The molecular formula is C20H26ClIN8O. The molecule has 1 unspecified atom stereocenters. The summed E-state index contributed by atoms with van der Waals surface area (Å²) < 4.78 is 8.91. The van der Waals surface area contributed by atoms with Gasteiger partial charge in [0.15, 0.2) is 11.8 Å². The molecule has 0 bridgehead atoms. The Bertz CT molecular complexity index is 1020. The monoisotopic (exact) mass is 556 g/mol. The summed E-state index contributed by atoms with van der Waals surface area (Å²) in [6.45, 7) is 1.80. The first-order valence-corrected chi connectivity index (χ1v) is 10.2. The smallest absolute Gasteiger partial charge is 0.191 e. The molecule has 0 fully saturated rings. The van der Waals surface area contributed by atoms with Gasteiger partial charge in [-0.05, 0) is 30.7 Å². The number of hydrogen-bond donors (Lipinski definition) is 2. The molecule has 0 saturated heterocycles. The number of fused-ring (bicyclic) bond motifs is 1.